The summed E-state index contributed by atoms with van der Waals surface area (Å²) in [7, 11) is 0. The Morgan fingerprint density at radius 3 is 2.63 bits per heavy atom. The van der Waals surface area contributed by atoms with E-state index in [9.17, 15) is 0 Å². The summed E-state index contributed by atoms with van der Waals surface area (Å²) < 4.78 is 10.6. The van der Waals surface area contributed by atoms with E-state index in [1.165, 1.54) is 5.56 Å². The molecule has 0 atom stereocenters. The van der Waals surface area contributed by atoms with Gasteiger partial charge in [0.25, 0.3) is 0 Å². The van der Waals surface area contributed by atoms with E-state index in [0.717, 1.165) is 25.3 Å². The molecule has 0 spiro atoms. The van der Waals surface area contributed by atoms with Gasteiger partial charge in [-0.2, -0.15) is 4.98 Å². The third kappa shape index (κ3) is 4.06. The molecule has 0 aliphatic heterocycles. The second-order valence-corrected chi connectivity index (χ2v) is 4.17. The zero-order valence-electron chi connectivity index (χ0n) is 11.3. The van der Waals surface area contributed by atoms with Gasteiger partial charge in [0.2, 0.25) is 11.7 Å². The molecule has 1 N–H and O–H groups in total. The number of benzene rings is 1. The van der Waals surface area contributed by atoms with Crippen LogP contribution in [0.15, 0.2) is 28.8 Å². The van der Waals surface area contributed by atoms with Gasteiger partial charge in [0.15, 0.2) is 6.61 Å². The molecule has 0 aliphatic rings. The van der Waals surface area contributed by atoms with Crippen LogP contribution in [0.2, 0.25) is 0 Å². The maximum Gasteiger partial charge on any atom is 0.226 e. The van der Waals surface area contributed by atoms with Gasteiger partial charge in [0.05, 0.1) is 0 Å². The summed E-state index contributed by atoms with van der Waals surface area (Å²) in [5.74, 6) is 2.02. The summed E-state index contributed by atoms with van der Waals surface area (Å²) in [6, 6.07) is 8.00. The van der Waals surface area contributed by atoms with E-state index in [1.807, 2.05) is 31.2 Å². The average molecular weight is 261 g/mol. The molecule has 0 saturated heterocycles. The average Bonchev–Trinajstić information content (AvgIpc) is 2.92. The first-order chi connectivity index (χ1) is 9.31. The first kappa shape index (κ1) is 13.5. The summed E-state index contributed by atoms with van der Waals surface area (Å²) >= 11 is 0. The SMILES string of the molecule is CCNCc1ccc(OCc2noc(CC)n2)cc1. The Labute approximate surface area is 113 Å². The van der Waals surface area contributed by atoms with Crippen molar-refractivity contribution in [3.8, 4) is 5.75 Å². The van der Waals surface area contributed by atoms with Crippen molar-refractivity contribution in [2.75, 3.05) is 6.54 Å². The van der Waals surface area contributed by atoms with Crippen molar-refractivity contribution in [1.82, 2.24) is 15.5 Å². The molecule has 0 bridgehead atoms. The van der Waals surface area contributed by atoms with Crippen LogP contribution in [0.3, 0.4) is 0 Å². The molecule has 2 rings (SSSR count). The highest BCUT2D eigenvalue weighted by atomic mass is 16.5. The summed E-state index contributed by atoms with van der Waals surface area (Å²) in [5.41, 5.74) is 1.24. The second-order valence-electron chi connectivity index (χ2n) is 4.17. The monoisotopic (exact) mass is 261 g/mol. The Morgan fingerprint density at radius 1 is 1.21 bits per heavy atom. The maximum absolute atomic E-state index is 5.60. The zero-order valence-corrected chi connectivity index (χ0v) is 11.3. The van der Waals surface area contributed by atoms with E-state index >= 15 is 0 Å². The topological polar surface area (TPSA) is 60.2 Å². The van der Waals surface area contributed by atoms with E-state index in [-0.39, 0.29) is 0 Å². The van der Waals surface area contributed by atoms with Crippen LogP contribution >= 0.6 is 0 Å². The molecule has 0 saturated carbocycles. The molecular formula is C14H19N3O2. The van der Waals surface area contributed by atoms with E-state index in [4.69, 9.17) is 9.26 Å². The zero-order chi connectivity index (χ0) is 13.5. The lowest BCUT2D eigenvalue weighted by molar-refractivity contribution is 0.285. The maximum atomic E-state index is 5.60. The highest BCUT2D eigenvalue weighted by molar-refractivity contribution is 5.27. The molecule has 5 heteroatoms. The number of hydrogen-bond acceptors (Lipinski definition) is 5. The summed E-state index contributed by atoms with van der Waals surface area (Å²) in [6.07, 6.45) is 0.742. The van der Waals surface area contributed by atoms with Crippen molar-refractivity contribution in [2.24, 2.45) is 0 Å². The molecule has 1 aromatic heterocycles. The van der Waals surface area contributed by atoms with Crippen molar-refractivity contribution in [3.05, 3.63) is 41.5 Å². The number of nitrogens with zero attached hydrogens (tertiary/aromatic N) is 2. The van der Waals surface area contributed by atoms with Gasteiger partial charge in [-0.05, 0) is 24.2 Å². The molecule has 19 heavy (non-hydrogen) atoms. The Balaban J connectivity index is 1.85. The van der Waals surface area contributed by atoms with Gasteiger partial charge in [-0.3, -0.25) is 0 Å². The predicted octanol–water partition coefficient (Wildman–Crippen LogP) is 2.32. The van der Waals surface area contributed by atoms with E-state index in [2.05, 4.69) is 22.4 Å². The van der Waals surface area contributed by atoms with Crippen LogP contribution in [0.1, 0.15) is 31.1 Å². The smallest absolute Gasteiger partial charge is 0.226 e. The summed E-state index contributed by atoms with van der Waals surface area (Å²) in [5, 5.41) is 7.12. The van der Waals surface area contributed by atoms with Crippen molar-refractivity contribution in [1.29, 1.82) is 0 Å². The minimum absolute atomic E-state index is 0.329. The van der Waals surface area contributed by atoms with Gasteiger partial charge >= 0.3 is 0 Å². The Bertz CT molecular complexity index is 494. The van der Waals surface area contributed by atoms with Gasteiger partial charge in [0, 0.05) is 13.0 Å². The van der Waals surface area contributed by atoms with Crippen LogP contribution in [-0.4, -0.2) is 16.7 Å². The van der Waals surface area contributed by atoms with Crippen LogP contribution in [-0.2, 0) is 19.6 Å². The Morgan fingerprint density at radius 2 is 2.00 bits per heavy atom. The first-order valence-corrected chi connectivity index (χ1v) is 6.55. The molecule has 0 aliphatic carbocycles. The molecule has 2 aromatic rings. The normalized spacial score (nSPS) is 10.6. The largest absolute Gasteiger partial charge is 0.485 e. The van der Waals surface area contributed by atoms with Crippen LogP contribution < -0.4 is 10.1 Å². The summed E-state index contributed by atoms with van der Waals surface area (Å²) in [4.78, 5) is 4.19. The van der Waals surface area contributed by atoms with Crippen molar-refractivity contribution >= 4 is 0 Å². The number of aryl methyl sites for hydroxylation is 1. The van der Waals surface area contributed by atoms with Gasteiger partial charge in [0.1, 0.15) is 5.75 Å². The molecule has 5 nitrogen and oxygen atoms in total. The molecule has 0 amide bonds. The van der Waals surface area contributed by atoms with Crippen LogP contribution in [0.4, 0.5) is 0 Å². The standard InChI is InChI=1S/C14H19N3O2/c1-3-14-16-13(17-19-14)10-18-12-7-5-11(6-8-12)9-15-4-2/h5-8,15H,3-4,9-10H2,1-2H3. The second kappa shape index (κ2) is 6.89. The van der Waals surface area contributed by atoms with Gasteiger partial charge < -0.3 is 14.6 Å². The summed E-state index contributed by atoms with van der Waals surface area (Å²) in [6.45, 7) is 6.24. The van der Waals surface area contributed by atoms with Crippen LogP contribution in [0, 0.1) is 0 Å². The lowest BCUT2D eigenvalue weighted by atomic mass is 10.2. The fourth-order valence-corrected chi connectivity index (χ4v) is 1.61. The van der Waals surface area contributed by atoms with Crippen LogP contribution in [0.5, 0.6) is 5.75 Å². The highest BCUT2D eigenvalue weighted by Crippen LogP contribution is 2.13. The molecule has 0 fully saturated rings. The number of aromatic nitrogens is 2. The fourth-order valence-electron chi connectivity index (χ4n) is 1.61. The molecular weight excluding hydrogens is 242 g/mol. The third-order valence-electron chi connectivity index (χ3n) is 2.68. The Kier molecular flexibility index (Phi) is 4.92. The molecule has 1 aromatic carbocycles. The van der Waals surface area contributed by atoms with Crippen molar-refractivity contribution in [3.63, 3.8) is 0 Å². The van der Waals surface area contributed by atoms with Gasteiger partial charge in [-0.1, -0.05) is 31.1 Å². The lowest BCUT2D eigenvalue weighted by Gasteiger charge is -2.05. The van der Waals surface area contributed by atoms with E-state index < -0.39 is 0 Å². The highest BCUT2D eigenvalue weighted by Gasteiger charge is 2.04. The van der Waals surface area contributed by atoms with Crippen molar-refractivity contribution < 1.29 is 9.26 Å². The van der Waals surface area contributed by atoms with Gasteiger partial charge in [-0.15, -0.1) is 0 Å². The van der Waals surface area contributed by atoms with E-state index in [1.54, 1.807) is 0 Å². The lowest BCUT2D eigenvalue weighted by Crippen LogP contribution is -2.11. The quantitative estimate of drug-likeness (QED) is 0.828. The number of nitrogens with one attached hydrogen (secondary N) is 1. The molecule has 0 unspecified atom stereocenters. The minimum atomic E-state index is 0.329. The molecule has 102 valence electrons. The fraction of sp³-hybridized carbons (Fsp3) is 0.429. The number of ether oxygens (including phenoxy) is 1. The third-order valence-corrected chi connectivity index (χ3v) is 2.68. The van der Waals surface area contributed by atoms with Crippen molar-refractivity contribution in [2.45, 2.75) is 33.4 Å². The predicted molar refractivity (Wildman–Crippen MR) is 71.8 cm³/mol. The van der Waals surface area contributed by atoms with Gasteiger partial charge in [-0.25, -0.2) is 0 Å². The minimum Gasteiger partial charge on any atom is -0.485 e. The number of hydrogen-bond donors (Lipinski definition) is 1. The molecule has 0 radical (unpaired) electrons. The first-order valence-electron chi connectivity index (χ1n) is 6.55. The number of rotatable bonds is 7. The van der Waals surface area contributed by atoms with Crippen LogP contribution in [0.25, 0.3) is 0 Å². The molecule has 1 heterocycles. The Hall–Kier alpha value is -1.88. The van der Waals surface area contributed by atoms with E-state index in [0.29, 0.717) is 18.3 Å².